The molecule has 2 aromatic heterocycles. The smallest absolute Gasteiger partial charge is 0.251 e. The summed E-state index contributed by atoms with van der Waals surface area (Å²) in [6.07, 6.45) is 5.35. The average Bonchev–Trinajstić information content (AvgIpc) is 3.25. The minimum absolute atomic E-state index is 0.0776. The monoisotopic (exact) mass is 476 g/mol. The van der Waals surface area contributed by atoms with Crippen molar-refractivity contribution in [1.29, 1.82) is 0 Å². The molecule has 1 amide bonds. The molecule has 0 spiro atoms. The molecule has 0 unspecified atom stereocenters. The van der Waals surface area contributed by atoms with Gasteiger partial charge in [-0.05, 0) is 81.5 Å². The zero-order valence-electron chi connectivity index (χ0n) is 19.3. The molecular weight excluding hydrogens is 450 g/mol. The Kier molecular flexibility index (Phi) is 6.41. The number of piperidine rings is 1. The largest absolute Gasteiger partial charge is 0.349 e. The first-order valence-electron chi connectivity index (χ1n) is 11.6. The van der Waals surface area contributed by atoms with E-state index in [1.807, 2.05) is 6.07 Å². The number of anilines is 2. The van der Waals surface area contributed by atoms with Gasteiger partial charge in [-0.2, -0.15) is 4.98 Å². The molecule has 1 aliphatic rings. The van der Waals surface area contributed by atoms with Crippen molar-refractivity contribution in [3.63, 3.8) is 0 Å². The fraction of sp³-hybridized carbons (Fsp3) is 0.269. The lowest BCUT2D eigenvalue weighted by Crippen LogP contribution is -2.43. The van der Waals surface area contributed by atoms with Crippen LogP contribution in [0.4, 0.5) is 20.4 Å². The van der Waals surface area contributed by atoms with Gasteiger partial charge in [0.05, 0.1) is 6.54 Å². The van der Waals surface area contributed by atoms with Crippen LogP contribution < -0.4 is 10.6 Å². The Balaban J connectivity index is 1.27. The van der Waals surface area contributed by atoms with E-state index < -0.39 is 11.6 Å². The molecule has 0 radical (unpaired) electrons. The molecule has 3 heterocycles. The van der Waals surface area contributed by atoms with Gasteiger partial charge < -0.3 is 20.1 Å². The maximum absolute atomic E-state index is 14.1. The minimum Gasteiger partial charge on any atom is -0.349 e. The summed E-state index contributed by atoms with van der Waals surface area (Å²) in [5.74, 6) is -0.675. The molecule has 1 aliphatic heterocycles. The van der Waals surface area contributed by atoms with E-state index in [0.717, 1.165) is 49.1 Å². The Morgan fingerprint density at radius 1 is 1.09 bits per heavy atom. The highest BCUT2D eigenvalue weighted by atomic mass is 19.1. The Morgan fingerprint density at radius 2 is 1.86 bits per heavy atom. The van der Waals surface area contributed by atoms with Crippen molar-refractivity contribution in [3.05, 3.63) is 83.7 Å². The molecule has 4 aromatic rings. The Morgan fingerprint density at radius 3 is 2.63 bits per heavy atom. The quantitative estimate of drug-likeness (QED) is 0.434. The predicted molar refractivity (Wildman–Crippen MR) is 131 cm³/mol. The molecule has 2 N–H and O–H groups in total. The number of nitrogens with zero attached hydrogens (tertiary/aromatic N) is 4. The fourth-order valence-corrected chi connectivity index (χ4v) is 4.26. The van der Waals surface area contributed by atoms with Gasteiger partial charge in [0.1, 0.15) is 17.3 Å². The fourth-order valence-electron chi connectivity index (χ4n) is 4.26. The molecule has 35 heavy (non-hydrogen) atoms. The molecular formula is C26H26F2N6O. The van der Waals surface area contributed by atoms with Crippen molar-refractivity contribution in [2.24, 2.45) is 0 Å². The molecule has 0 bridgehead atoms. The number of amides is 1. The van der Waals surface area contributed by atoms with E-state index in [-0.39, 0.29) is 24.1 Å². The third kappa shape index (κ3) is 5.30. The zero-order valence-corrected chi connectivity index (χ0v) is 19.3. The molecule has 1 fully saturated rings. The minimum atomic E-state index is -0.488. The zero-order chi connectivity index (χ0) is 24.4. The second kappa shape index (κ2) is 9.79. The van der Waals surface area contributed by atoms with Crippen LogP contribution in [0.1, 0.15) is 28.8 Å². The van der Waals surface area contributed by atoms with Crippen LogP contribution in [0.2, 0.25) is 0 Å². The normalized spacial score (nSPS) is 14.8. The topological polar surface area (TPSA) is 75.1 Å². The van der Waals surface area contributed by atoms with Crippen LogP contribution in [0.3, 0.4) is 0 Å². The number of hydrogen-bond acceptors (Lipinski definition) is 5. The van der Waals surface area contributed by atoms with Crippen LogP contribution in [-0.2, 0) is 6.54 Å². The lowest BCUT2D eigenvalue weighted by Gasteiger charge is -2.29. The van der Waals surface area contributed by atoms with Crippen molar-refractivity contribution in [2.75, 3.05) is 25.5 Å². The summed E-state index contributed by atoms with van der Waals surface area (Å²) < 4.78 is 29.4. The van der Waals surface area contributed by atoms with Gasteiger partial charge >= 0.3 is 0 Å². The first-order chi connectivity index (χ1) is 16.9. The molecule has 180 valence electrons. The van der Waals surface area contributed by atoms with Gasteiger partial charge in [0, 0.05) is 40.6 Å². The van der Waals surface area contributed by atoms with Gasteiger partial charge in [0.25, 0.3) is 5.91 Å². The van der Waals surface area contributed by atoms with E-state index in [4.69, 9.17) is 0 Å². The van der Waals surface area contributed by atoms with Crippen LogP contribution in [0.15, 0.2) is 60.9 Å². The highest BCUT2D eigenvalue weighted by Gasteiger charge is 2.19. The summed E-state index contributed by atoms with van der Waals surface area (Å²) >= 11 is 0. The van der Waals surface area contributed by atoms with Gasteiger partial charge in [-0.25, -0.2) is 13.8 Å². The van der Waals surface area contributed by atoms with Gasteiger partial charge in [0.2, 0.25) is 5.95 Å². The Hall–Kier alpha value is -3.85. The van der Waals surface area contributed by atoms with Crippen LogP contribution in [0.25, 0.3) is 11.0 Å². The van der Waals surface area contributed by atoms with Crippen LogP contribution in [0.5, 0.6) is 0 Å². The van der Waals surface area contributed by atoms with Crippen molar-refractivity contribution in [1.82, 2.24) is 24.8 Å². The average molecular weight is 477 g/mol. The van der Waals surface area contributed by atoms with Crippen LogP contribution in [-0.4, -0.2) is 51.5 Å². The highest BCUT2D eigenvalue weighted by Crippen LogP contribution is 2.20. The highest BCUT2D eigenvalue weighted by molar-refractivity contribution is 5.94. The van der Waals surface area contributed by atoms with Crippen molar-refractivity contribution in [2.45, 2.75) is 25.4 Å². The SMILES string of the molecule is CN1CCC(NC(=O)c2ccc(Nc3ncc4ccn(Cc5cc(F)ccc5F)c4n3)cc2)CC1. The maximum Gasteiger partial charge on any atom is 0.251 e. The van der Waals surface area contributed by atoms with E-state index in [1.165, 1.54) is 6.07 Å². The van der Waals surface area contributed by atoms with Crippen molar-refractivity contribution >= 4 is 28.6 Å². The first-order valence-corrected chi connectivity index (χ1v) is 11.6. The molecule has 7 nitrogen and oxygen atoms in total. The van der Waals surface area contributed by atoms with E-state index in [1.54, 1.807) is 41.2 Å². The van der Waals surface area contributed by atoms with Crippen LogP contribution >= 0.6 is 0 Å². The van der Waals surface area contributed by atoms with Gasteiger partial charge in [-0.3, -0.25) is 4.79 Å². The second-order valence-electron chi connectivity index (χ2n) is 8.91. The van der Waals surface area contributed by atoms with E-state index in [9.17, 15) is 13.6 Å². The molecule has 5 rings (SSSR count). The van der Waals surface area contributed by atoms with E-state index in [2.05, 4.69) is 32.5 Å². The lowest BCUT2D eigenvalue weighted by atomic mass is 10.0. The maximum atomic E-state index is 14.1. The van der Waals surface area contributed by atoms with Gasteiger partial charge in [-0.15, -0.1) is 0 Å². The summed E-state index contributed by atoms with van der Waals surface area (Å²) in [5.41, 5.74) is 2.16. The van der Waals surface area contributed by atoms with E-state index >= 15 is 0 Å². The summed E-state index contributed by atoms with van der Waals surface area (Å²) in [4.78, 5) is 23.8. The number of benzene rings is 2. The first kappa shape index (κ1) is 22.9. The molecule has 0 atom stereocenters. The third-order valence-electron chi connectivity index (χ3n) is 6.31. The predicted octanol–water partition coefficient (Wildman–Crippen LogP) is 4.33. The molecule has 9 heteroatoms. The lowest BCUT2D eigenvalue weighted by molar-refractivity contribution is 0.0917. The van der Waals surface area contributed by atoms with Gasteiger partial charge in [0.15, 0.2) is 0 Å². The summed E-state index contributed by atoms with van der Waals surface area (Å²) in [6, 6.07) is 12.6. The number of nitrogens with one attached hydrogen (secondary N) is 2. The number of rotatable bonds is 6. The molecule has 1 saturated heterocycles. The second-order valence-corrected chi connectivity index (χ2v) is 8.91. The molecule has 2 aromatic carbocycles. The Labute approximate surface area is 201 Å². The summed E-state index contributed by atoms with van der Waals surface area (Å²) in [5, 5.41) is 7.04. The third-order valence-corrected chi connectivity index (χ3v) is 6.31. The standard InChI is InChI=1S/C26H26F2N6O/c1-33-11-9-22(10-12-33)30-25(35)17-2-5-21(6-3-17)31-26-29-15-18-8-13-34(24(18)32-26)16-19-14-20(27)4-7-23(19)28/h2-8,13-15,22H,9-12,16H2,1H3,(H,30,35)(H,29,31,32). The summed E-state index contributed by atoms with van der Waals surface area (Å²) in [7, 11) is 2.09. The van der Waals surface area contributed by atoms with Crippen LogP contribution in [0, 0.1) is 11.6 Å². The number of hydrogen-bond donors (Lipinski definition) is 2. The molecule has 0 saturated carbocycles. The van der Waals surface area contributed by atoms with E-state index in [0.29, 0.717) is 17.2 Å². The van der Waals surface area contributed by atoms with Crippen molar-refractivity contribution in [3.8, 4) is 0 Å². The number of carbonyl (C=O) groups is 1. The Bertz CT molecular complexity index is 1350. The van der Waals surface area contributed by atoms with Crippen molar-refractivity contribution < 1.29 is 13.6 Å². The number of likely N-dealkylation sites (tertiary alicyclic amines) is 1. The summed E-state index contributed by atoms with van der Waals surface area (Å²) in [6.45, 7) is 2.11. The number of carbonyl (C=O) groups excluding carboxylic acids is 1. The number of halogens is 2. The van der Waals surface area contributed by atoms with Gasteiger partial charge in [-0.1, -0.05) is 0 Å². The molecule has 0 aliphatic carbocycles. The number of aromatic nitrogens is 3. The number of fused-ring (bicyclic) bond motifs is 1.